The molecule has 3 nitrogen and oxygen atoms in total. The van der Waals surface area contributed by atoms with E-state index in [1.165, 1.54) is 0 Å². The number of carbonyl (C=O) groups is 1. The number of aromatic hydroxyl groups is 1. The van der Waals surface area contributed by atoms with Crippen LogP contribution >= 0.6 is 0 Å². The van der Waals surface area contributed by atoms with Crippen LogP contribution in [0.2, 0.25) is 0 Å². The van der Waals surface area contributed by atoms with E-state index < -0.39 is 11.4 Å². The van der Waals surface area contributed by atoms with Crippen molar-refractivity contribution in [1.29, 1.82) is 0 Å². The van der Waals surface area contributed by atoms with Gasteiger partial charge in [-0.05, 0) is 45.9 Å². The number of aliphatic carboxylic acids is 1. The Morgan fingerprint density at radius 2 is 1.33 bits per heavy atom. The lowest BCUT2D eigenvalue weighted by Gasteiger charge is -2.37. The van der Waals surface area contributed by atoms with Crippen LogP contribution in [0, 0.1) is 5.41 Å². The molecule has 1 aliphatic rings. The topological polar surface area (TPSA) is 57.5 Å². The minimum atomic E-state index is -0.817. The highest BCUT2D eigenvalue weighted by molar-refractivity contribution is 5.78. The summed E-state index contributed by atoms with van der Waals surface area (Å²) in [6.07, 6.45) is 3.23. The molecule has 30 heavy (non-hydrogen) atoms. The number of phenolic OH excluding ortho intramolecular Hbond substituents is 1. The van der Waals surface area contributed by atoms with Crippen LogP contribution in [0.25, 0.3) is 0 Å². The fourth-order valence-corrected chi connectivity index (χ4v) is 5.07. The number of hydrogen-bond acceptors (Lipinski definition) is 2. The number of carboxylic acid groups (broad SMARTS) is 1. The lowest BCUT2D eigenvalue weighted by molar-refractivity contribution is -0.149. The largest absolute Gasteiger partial charge is 0.507 e. The van der Waals surface area contributed by atoms with Gasteiger partial charge in [-0.25, -0.2) is 0 Å². The van der Waals surface area contributed by atoms with Gasteiger partial charge in [-0.3, -0.25) is 4.79 Å². The van der Waals surface area contributed by atoms with Gasteiger partial charge in [-0.1, -0.05) is 96.8 Å². The van der Waals surface area contributed by atoms with E-state index in [2.05, 4.69) is 53.7 Å². The molecule has 1 unspecified atom stereocenters. The lowest BCUT2D eigenvalue weighted by atomic mass is 9.66. The number of carboxylic acids is 1. The summed E-state index contributed by atoms with van der Waals surface area (Å²) in [5.41, 5.74) is 2.46. The summed E-state index contributed by atoms with van der Waals surface area (Å²) >= 11 is 0. The van der Waals surface area contributed by atoms with E-state index in [9.17, 15) is 15.0 Å². The van der Waals surface area contributed by atoms with Gasteiger partial charge in [0.1, 0.15) is 5.75 Å². The smallest absolute Gasteiger partial charge is 0.310 e. The molecule has 0 aromatic heterocycles. The van der Waals surface area contributed by atoms with Crippen molar-refractivity contribution < 1.29 is 15.0 Å². The molecule has 0 amide bonds. The lowest BCUT2D eigenvalue weighted by Crippen LogP contribution is -2.36. The van der Waals surface area contributed by atoms with Crippen molar-refractivity contribution in [3.05, 3.63) is 64.7 Å². The second kappa shape index (κ2) is 7.76. The maximum Gasteiger partial charge on any atom is 0.310 e. The molecule has 1 atom stereocenters. The van der Waals surface area contributed by atoms with E-state index in [4.69, 9.17) is 0 Å². The minimum absolute atomic E-state index is 0.249. The molecular formula is C27H36O3. The summed E-state index contributed by atoms with van der Waals surface area (Å²) in [6, 6.07) is 14.2. The zero-order valence-electron chi connectivity index (χ0n) is 19.2. The molecule has 0 bridgehead atoms. The third kappa shape index (κ3) is 3.99. The zero-order chi connectivity index (χ0) is 22.3. The average Bonchev–Trinajstić information content (AvgIpc) is 3.13. The molecule has 1 saturated carbocycles. The van der Waals surface area contributed by atoms with Crippen LogP contribution in [0.1, 0.15) is 95.4 Å². The Labute approximate surface area is 181 Å². The third-order valence-electron chi connectivity index (χ3n) is 6.69. The van der Waals surface area contributed by atoms with Crippen molar-refractivity contribution in [2.24, 2.45) is 5.41 Å². The van der Waals surface area contributed by atoms with Crippen molar-refractivity contribution >= 4 is 5.97 Å². The van der Waals surface area contributed by atoms with Gasteiger partial charge in [0, 0.05) is 5.92 Å². The van der Waals surface area contributed by atoms with E-state index in [0.717, 1.165) is 35.1 Å². The van der Waals surface area contributed by atoms with Gasteiger partial charge in [0.2, 0.25) is 0 Å². The summed E-state index contributed by atoms with van der Waals surface area (Å²) in [5, 5.41) is 21.6. The fraction of sp³-hybridized carbons (Fsp3) is 0.519. The highest BCUT2D eigenvalue weighted by Gasteiger charge is 2.49. The van der Waals surface area contributed by atoms with Gasteiger partial charge in [0.25, 0.3) is 0 Å². The number of phenols is 1. The SMILES string of the molecule is CC(C)(C)c1cc(C(c2ccccc2)C2(C(=O)O)CCCC2)cc(C(C)(C)C)c1O. The van der Waals surface area contributed by atoms with Crippen molar-refractivity contribution in [2.75, 3.05) is 0 Å². The Balaban J connectivity index is 2.35. The van der Waals surface area contributed by atoms with Crippen molar-refractivity contribution in [1.82, 2.24) is 0 Å². The molecule has 1 aliphatic carbocycles. The predicted octanol–water partition coefficient (Wildman–Crippen LogP) is 6.76. The summed E-state index contributed by atoms with van der Waals surface area (Å²) in [5.74, 6) is -0.626. The Morgan fingerprint density at radius 3 is 1.73 bits per heavy atom. The van der Waals surface area contributed by atoms with Crippen LogP contribution in [0.5, 0.6) is 5.75 Å². The van der Waals surface area contributed by atoms with Crippen LogP contribution in [-0.2, 0) is 15.6 Å². The maximum absolute atomic E-state index is 12.7. The predicted molar refractivity (Wildman–Crippen MR) is 122 cm³/mol. The van der Waals surface area contributed by atoms with Crippen LogP contribution < -0.4 is 0 Å². The second-order valence-electron chi connectivity index (χ2n) is 11.0. The van der Waals surface area contributed by atoms with Crippen LogP contribution in [0.15, 0.2) is 42.5 Å². The van der Waals surface area contributed by atoms with Crippen molar-refractivity contribution in [3.63, 3.8) is 0 Å². The normalized spacial score (nSPS) is 17.7. The van der Waals surface area contributed by atoms with E-state index in [1.54, 1.807) is 0 Å². The standard InChI is InChI=1S/C27H36O3/c1-25(2,3)20-16-19(17-21(23(20)28)26(4,5)6)22(18-12-8-7-9-13-18)27(24(29)30)14-10-11-15-27/h7-9,12-13,16-17,22,28H,10-11,14-15H2,1-6H3,(H,29,30). The highest BCUT2D eigenvalue weighted by atomic mass is 16.4. The van der Waals surface area contributed by atoms with E-state index in [-0.39, 0.29) is 16.7 Å². The molecule has 0 saturated heterocycles. The van der Waals surface area contributed by atoms with Crippen molar-refractivity contribution in [2.45, 2.75) is 84.0 Å². The highest BCUT2D eigenvalue weighted by Crippen LogP contribution is 2.53. The molecule has 0 heterocycles. The first-order chi connectivity index (χ1) is 13.9. The first kappa shape index (κ1) is 22.4. The van der Waals surface area contributed by atoms with E-state index >= 15 is 0 Å². The summed E-state index contributed by atoms with van der Waals surface area (Å²) < 4.78 is 0. The Morgan fingerprint density at radius 1 is 0.867 bits per heavy atom. The first-order valence-electron chi connectivity index (χ1n) is 11.0. The molecule has 2 aromatic carbocycles. The molecule has 162 valence electrons. The van der Waals surface area contributed by atoms with Gasteiger partial charge in [-0.15, -0.1) is 0 Å². The van der Waals surface area contributed by atoms with Gasteiger partial charge in [0.15, 0.2) is 0 Å². The van der Waals surface area contributed by atoms with Crippen LogP contribution in [0.3, 0.4) is 0 Å². The van der Waals surface area contributed by atoms with Gasteiger partial charge in [-0.2, -0.15) is 0 Å². The summed E-state index contributed by atoms with van der Waals surface area (Å²) in [6.45, 7) is 12.6. The van der Waals surface area contributed by atoms with Gasteiger partial charge >= 0.3 is 5.97 Å². The maximum atomic E-state index is 12.7. The van der Waals surface area contributed by atoms with Gasteiger partial charge in [0.05, 0.1) is 5.41 Å². The average molecular weight is 409 g/mol. The summed E-state index contributed by atoms with van der Waals surface area (Å²) in [7, 11) is 0. The fourth-order valence-electron chi connectivity index (χ4n) is 5.07. The third-order valence-corrected chi connectivity index (χ3v) is 6.69. The molecule has 0 radical (unpaired) electrons. The van der Waals surface area contributed by atoms with Crippen molar-refractivity contribution in [3.8, 4) is 5.75 Å². The number of hydrogen-bond donors (Lipinski definition) is 2. The first-order valence-corrected chi connectivity index (χ1v) is 11.0. The monoisotopic (exact) mass is 408 g/mol. The Kier molecular flexibility index (Phi) is 5.79. The molecule has 2 N–H and O–H groups in total. The molecule has 1 fully saturated rings. The van der Waals surface area contributed by atoms with E-state index in [1.807, 2.05) is 30.3 Å². The molecule has 2 aromatic rings. The summed E-state index contributed by atoms with van der Waals surface area (Å²) in [4.78, 5) is 12.7. The van der Waals surface area contributed by atoms with Crippen LogP contribution in [0.4, 0.5) is 0 Å². The number of benzene rings is 2. The van der Waals surface area contributed by atoms with Gasteiger partial charge < -0.3 is 10.2 Å². The zero-order valence-corrected chi connectivity index (χ0v) is 19.2. The quantitative estimate of drug-likeness (QED) is 0.587. The molecule has 0 spiro atoms. The Bertz CT molecular complexity index is 872. The molecule has 0 aliphatic heterocycles. The molecule has 3 rings (SSSR count). The minimum Gasteiger partial charge on any atom is -0.507 e. The van der Waals surface area contributed by atoms with Crippen LogP contribution in [-0.4, -0.2) is 16.2 Å². The molecule has 3 heteroatoms. The van der Waals surface area contributed by atoms with E-state index in [0.29, 0.717) is 18.6 Å². The number of rotatable bonds is 4. The Hall–Kier alpha value is -2.29. The molecular weight excluding hydrogens is 372 g/mol. The second-order valence-corrected chi connectivity index (χ2v) is 11.0.